The van der Waals surface area contributed by atoms with Gasteiger partial charge in [0.15, 0.2) is 0 Å². The van der Waals surface area contributed by atoms with Crippen molar-refractivity contribution >= 4 is 0 Å². The minimum Gasteiger partial charge on any atom is -0.492 e. The fraction of sp³-hybridized carbons (Fsp3) is 0.667. The molecule has 1 saturated carbocycles. The molecule has 18 heavy (non-hydrogen) atoms. The minimum absolute atomic E-state index is 0.159. The molecule has 3 heteroatoms. The molecular weight excluding hydrogens is 224 g/mol. The second-order valence-corrected chi connectivity index (χ2v) is 5.45. The van der Waals surface area contributed by atoms with Crippen LogP contribution in [-0.4, -0.2) is 17.6 Å². The maximum Gasteiger partial charge on any atom is 0.137 e. The lowest BCUT2D eigenvalue weighted by Crippen LogP contribution is -2.18. The number of aromatic nitrogens is 1. The van der Waals surface area contributed by atoms with Crippen molar-refractivity contribution in [3.8, 4) is 5.75 Å². The van der Waals surface area contributed by atoms with Crippen LogP contribution in [0, 0.1) is 5.92 Å². The third-order valence-corrected chi connectivity index (χ3v) is 3.60. The van der Waals surface area contributed by atoms with E-state index in [-0.39, 0.29) is 6.04 Å². The van der Waals surface area contributed by atoms with Gasteiger partial charge in [-0.15, -0.1) is 0 Å². The Morgan fingerprint density at radius 3 is 2.78 bits per heavy atom. The monoisotopic (exact) mass is 248 g/mol. The van der Waals surface area contributed by atoms with E-state index in [9.17, 15) is 0 Å². The van der Waals surface area contributed by atoms with Gasteiger partial charge >= 0.3 is 0 Å². The minimum atomic E-state index is 0.159. The molecule has 2 rings (SSSR count). The van der Waals surface area contributed by atoms with Crippen LogP contribution in [0.25, 0.3) is 0 Å². The Labute approximate surface area is 110 Å². The molecule has 1 aromatic heterocycles. The Kier molecular flexibility index (Phi) is 5.00. The zero-order valence-electron chi connectivity index (χ0n) is 11.3. The van der Waals surface area contributed by atoms with Gasteiger partial charge in [-0.25, -0.2) is 0 Å². The number of hydrogen-bond donors (Lipinski definition) is 1. The van der Waals surface area contributed by atoms with E-state index in [1.807, 2.05) is 25.3 Å². The molecule has 3 nitrogen and oxygen atoms in total. The van der Waals surface area contributed by atoms with Gasteiger partial charge in [-0.3, -0.25) is 4.98 Å². The number of nitrogens with two attached hydrogens (primary N) is 1. The van der Waals surface area contributed by atoms with Gasteiger partial charge in [0.25, 0.3) is 0 Å². The summed E-state index contributed by atoms with van der Waals surface area (Å²) in [6.45, 7) is 2.81. The van der Waals surface area contributed by atoms with E-state index in [0.717, 1.165) is 30.4 Å². The highest BCUT2D eigenvalue weighted by Gasteiger charge is 2.14. The fourth-order valence-electron chi connectivity index (χ4n) is 2.59. The summed E-state index contributed by atoms with van der Waals surface area (Å²) in [6.07, 6.45) is 9.39. The second-order valence-electron chi connectivity index (χ2n) is 5.45. The lowest BCUT2D eigenvalue weighted by molar-refractivity contribution is 0.278. The van der Waals surface area contributed by atoms with Crippen LogP contribution in [-0.2, 0) is 6.42 Å². The molecular formula is C15H24N2O. The van der Waals surface area contributed by atoms with Gasteiger partial charge in [0.2, 0.25) is 0 Å². The molecule has 0 saturated heterocycles. The molecule has 0 aliphatic heterocycles. The van der Waals surface area contributed by atoms with Crippen molar-refractivity contribution in [1.82, 2.24) is 4.98 Å². The van der Waals surface area contributed by atoms with Gasteiger partial charge < -0.3 is 10.5 Å². The summed E-state index contributed by atoms with van der Waals surface area (Å²) in [4.78, 5) is 4.36. The summed E-state index contributed by atoms with van der Waals surface area (Å²) in [6, 6.07) is 4.17. The van der Waals surface area contributed by atoms with E-state index < -0.39 is 0 Å². The summed E-state index contributed by atoms with van der Waals surface area (Å²) in [5.41, 5.74) is 6.78. The maximum atomic E-state index is 5.74. The first-order chi connectivity index (χ1) is 8.74. The maximum absolute atomic E-state index is 5.74. The van der Waals surface area contributed by atoms with E-state index in [0.29, 0.717) is 0 Å². The summed E-state index contributed by atoms with van der Waals surface area (Å²) in [7, 11) is 0. The lowest BCUT2D eigenvalue weighted by atomic mass is 10.1. The van der Waals surface area contributed by atoms with Crippen LogP contribution >= 0.6 is 0 Å². The molecule has 0 radical (unpaired) electrons. The van der Waals surface area contributed by atoms with Gasteiger partial charge in [-0.2, -0.15) is 0 Å². The predicted molar refractivity (Wildman–Crippen MR) is 73.7 cm³/mol. The molecule has 1 aliphatic rings. The average molecular weight is 248 g/mol. The summed E-state index contributed by atoms with van der Waals surface area (Å²) >= 11 is 0. The van der Waals surface area contributed by atoms with Crippen LogP contribution in [0.15, 0.2) is 18.3 Å². The normalized spacial score (nSPS) is 17.9. The highest BCUT2D eigenvalue weighted by atomic mass is 16.5. The van der Waals surface area contributed by atoms with E-state index in [1.165, 1.54) is 32.1 Å². The molecule has 0 spiro atoms. The molecule has 1 fully saturated rings. The SMILES string of the molecule is CC(N)Cc1ccc(OCCC2CCCC2)cn1. The Morgan fingerprint density at radius 1 is 1.39 bits per heavy atom. The summed E-state index contributed by atoms with van der Waals surface area (Å²) in [5, 5.41) is 0. The van der Waals surface area contributed by atoms with Gasteiger partial charge in [-0.05, 0) is 31.4 Å². The van der Waals surface area contributed by atoms with Gasteiger partial charge in [0, 0.05) is 18.2 Å². The van der Waals surface area contributed by atoms with E-state index in [4.69, 9.17) is 10.5 Å². The second kappa shape index (κ2) is 6.74. The van der Waals surface area contributed by atoms with Crippen LogP contribution in [0.5, 0.6) is 5.75 Å². The number of nitrogens with zero attached hydrogens (tertiary/aromatic N) is 1. The highest BCUT2D eigenvalue weighted by molar-refractivity contribution is 5.20. The Balaban J connectivity index is 1.72. The number of ether oxygens (including phenoxy) is 1. The van der Waals surface area contributed by atoms with E-state index in [1.54, 1.807) is 0 Å². The Bertz CT molecular complexity index is 342. The molecule has 1 unspecified atom stereocenters. The molecule has 2 N–H and O–H groups in total. The molecule has 1 atom stereocenters. The van der Waals surface area contributed by atoms with Crippen molar-refractivity contribution in [1.29, 1.82) is 0 Å². The smallest absolute Gasteiger partial charge is 0.137 e. The topological polar surface area (TPSA) is 48.1 Å². The molecule has 0 aromatic carbocycles. The van der Waals surface area contributed by atoms with Crippen molar-refractivity contribution in [2.45, 2.75) is 51.5 Å². The van der Waals surface area contributed by atoms with Crippen molar-refractivity contribution in [3.05, 3.63) is 24.0 Å². The molecule has 100 valence electrons. The highest BCUT2D eigenvalue weighted by Crippen LogP contribution is 2.27. The molecule has 1 heterocycles. The average Bonchev–Trinajstić information content (AvgIpc) is 2.84. The van der Waals surface area contributed by atoms with Gasteiger partial charge in [0.1, 0.15) is 5.75 Å². The zero-order valence-corrected chi connectivity index (χ0v) is 11.3. The largest absolute Gasteiger partial charge is 0.492 e. The first-order valence-electron chi connectivity index (χ1n) is 7.07. The number of pyridine rings is 1. The molecule has 0 amide bonds. The van der Waals surface area contributed by atoms with Crippen molar-refractivity contribution < 1.29 is 4.74 Å². The Hall–Kier alpha value is -1.09. The van der Waals surface area contributed by atoms with Crippen molar-refractivity contribution in [2.24, 2.45) is 11.7 Å². The predicted octanol–water partition coefficient (Wildman–Crippen LogP) is 2.93. The quantitative estimate of drug-likeness (QED) is 0.842. The lowest BCUT2D eigenvalue weighted by Gasteiger charge is -2.10. The number of rotatable bonds is 6. The van der Waals surface area contributed by atoms with Crippen LogP contribution in [0.4, 0.5) is 0 Å². The molecule has 0 bridgehead atoms. The van der Waals surface area contributed by atoms with E-state index in [2.05, 4.69) is 4.98 Å². The van der Waals surface area contributed by atoms with Crippen LogP contribution in [0.3, 0.4) is 0 Å². The van der Waals surface area contributed by atoms with Gasteiger partial charge in [0.05, 0.1) is 12.8 Å². The Morgan fingerprint density at radius 2 is 2.17 bits per heavy atom. The third-order valence-electron chi connectivity index (χ3n) is 3.60. The van der Waals surface area contributed by atoms with Crippen molar-refractivity contribution in [2.75, 3.05) is 6.61 Å². The summed E-state index contributed by atoms with van der Waals surface area (Å²) in [5.74, 6) is 1.76. The van der Waals surface area contributed by atoms with Crippen LogP contribution < -0.4 is 10.5 Å². The molecule has 1 aliphatic carbocycles. The number of hydrogen-bond acceptors (Lipinski definition) is 3. The first kappa shape index (κ1) is 13.3. The molecule has 1 aromatic rings. The van der Waals surface area contributed by atoms with E-state index >= 15 is 0 Å². The van der Waals surface area contributed by atoms with Crippen LogP contribution in [0.2, 0.25) is 0 Å². The van der Waals surface area contributed by atoms with Crippen molar-refractivity contribution in [3.63, 3.8) is 0 Å². The zero-order chi connectivity index (χ0) is 12.8. The summed E-state index contributed by atoms with van der Waals surface area (Å²) < 4.78 is 5.73. The van der Waals surface area contributed by atoms with Crippen LogP contribution in [0.1, 0.15) is 44.7 Å². The van der Waals surface area contributed by atoms with Gasteiger partial charge in [-0.1, -0.05) is 25.7 Å². The standard InChI is InChI=1S/C15H24N2O/c1-12(16)10-14-6-7-15(11-17-14)18-9-8-13-4-2-3-5-13/h6-7,11-13H,2-5,8-10,16H2,1H3. The third kappa shape index (κ3) is 4.30. The first-order valence-corrected chi connectivity index (χ1v) is 7.07. The fourth-order valence-corrected chi connectivity index (χ4v) is 2.59.